The van der Waals surface area contributed by atoms with Crippen LogP contribution in [0.2, 0.25) is 0 Å². The van der Waals surface area contributed by atoms with Crippen LogP contribution in [0.25, 0.3) is 0 Å². The van der Waals surface area contributed by atoms with E-state index in [1.165, 1.54) is 10.8 Å². The molecule has 0 saturated carbocycles. The zero-order valence-corrected chi connectivity index (χ0v) is 8.18. The molecule has 0 aliphatic rings. The van der Waals surface area contributed by atoms with E-state index in [9.17, 15) is 8.42 Å². The van der Waals surface area contributed by atoms with Crippen molar-refractivity contribution in [1.82, 2.24) is 9.55 Å². The van der Waals surface area contributed by atoms with Gasteiger partial charge in [-0.15, -0.1) is 12.4 Å². The number of aromatic nitrogens is 2. The first-order valence-electron chi connectivity index (χ1n) is 2.88. The summed E-state index contributed by atoms with van der Waals surface area (Å²) in [6.07, 6.45) is 1.25. The van der Waals surface area contributed by atoms with Crippen LogP contribution in [0, 0.1) is 6.92 Å². The second-order valence-electron chi connectivity index (χ2n) is 2.21. The molecule has 0 aliphatic carbocycles. The zero-order chi connectivity index (χ0) is 8.65. The normalized spacial score (nSPS) is 10.9. The number of halogens is 1. The maximum Gasteiger partial charge on any atom is 0.313 e. The van der Waals surface area contributed by atoms with Gasteiger partial charge in [0.25, 0.3) is 0 Å². The zero-order valence-electron chi connectivity index (χ0n) is 6.55. The molecule has 0 spiro atoms. The maximum atomic E-state index is 10.5. The van der Waals surface area contributed by atoms with Crippen LogP contribution in [0.4, 0.5) is 0 Å². The van der Waals surface area contributed by atoms with Crippen LogP contribution in [0.5, 0.6) is 0 Å². The van der Waals surface area contributed by atoms with E-state index < -0.39 is 10.1 Å². The van der Waals surface area contributed by atoms with E-state index in [2.05, 4.69) is 4.98 Å². The van der Waals surface area contributed by atoms with E-state index in [4.69, 9.17) is 4.55 Å². The van der Waals surface area contributed by atoms with Crippen LogP contribution >= 0.6 is 12.4 Å². The van der Waals surface area contributed by atoms with Crippen LogP contribution in [0.3, 0.4) is 0 Å². The van der Waals surface area contributed by atoms with Gasteiger partial charge in [-0.25, -0.2) is 4.98 Å². The van der Waals surface area contributed by atoms with Crippen molar-refractivity contribution in [3.63, 3.8) is 0 Å². The van der Waals surface area contributed by atoms with Crippen LogP contribution in [-0.4, -0.2) is 22.5 Å². The Morgan fingerprint density at radius 1 is 1.58 bits per heavy atom. The van der Waals surface area contributed by atoms with Crippen molar-refractivity contribution >= 4 is 22.5 Å². The molecule has 0 aliphatic heterocycles. The van der Waals surface area contributed by atoms with Crippen molar-refractivity contribution in [1.29, 1.82) is 0 Å². The molecule has 1 N–H and O–H groups in total. The predicted molar refractivity (Wildman–Crippen MR) is 45.0 cm³/mol. The summed E-state index contributed by atoms with van der Waals surface area (Å²) in [5, 5.41) is -0.308. The van der Waals surface area contributed by atoms with Crippen LogP contribution in [0.1, 0.15) is 5.82 Å². The minimum Gasteiger partial charge on any atom is -0.337 e. The molecule has 0 amide bonds. The molecule has 1 rings (SSSR count). The predicted octanol–water partition coefficient (Wildman–Crippen LogP) is 0.397. The summed E-state index contributed by atoms with van der Waals surface area (Å²) in [4.78, 5) is 3.61. The molecule has 1 heterocycles. The second-order valence-corrected chi connectivity index (χ2v) is 3.58. The fourth-order valence-electron chi connectivity index (χ4n) is 0.651. The molecule has 1 aromatic heterocycles. The van der Waals surface area contributed by atoms with E-state index >= 15 is 0 Å². The van der Waals surface area contributed by atoms with Gasteiger partial charge >= 0.3 is 10.1 Å². The Bertz CT molecular complexity index is 351. The first-order chi connectivity index (χ1) is 4.91. The molecular weight excluding hydrogens is 204 g/mol. The summed E-state index contributed by atoms with van der Waals surface area (Å²) < 4.78 is 31.0. The lowest BCUT2D eigenvalue weighted by atomic mass is 10.7. The molecule has 0 fully saturated rings. The van der Waals surface area contributed by atoms with Crippen molar-refractivity contribution < 1.29 is 13.0 Å². The minimum atomic E-state index is -4.14. The molecule has 7 heteroatoms. The van der Waals surface area contributed by atoms with E-state index in [-0.39, 0.29) is 17.4 Å². The van der Waals surface area contributed by atoms with Crippen molar-refractivity contribution in [2.24, 2.45) is 7.05 Å². The Morgan fingerprint density at radius 2 is 2.08 bits per heavy atom. The average molecular weight is 213 g/mol. The van der Waals surface area contributed by atoms with Crippen LogP contribution in [0.15, 0.2) is 11.2 Å². The molecular formula is C5H9ClN2O3S. The highest BCUT2D eigenvalue weighted by molar-refractivity contribution is 7.85. The van der Waals surface area contributed by atoms with Crippen molar-refractivity contribution in [3.8, 4) is 0 Å². The largest absolute Gasteiger partial charge is 0.337 e. The highest BCUT2D eigenvalue weighted by atomic mass is 35.5. The van der Waals surface area contributed by atoms with Crippen LogP contribution < -0.4 is 0 Å². The van der Waals surface area contributed by atoms with Gasteiger partial charge in [0.2, 0.25) is 5.03 Å². The molecule has 1 aromatic rings. The Hall–Kier alpha value is -0.590. The van der Waals surface area contributed by atoms with Gasteiger partial charge in [-0.1, -0.05) is 0 Å². The third-order valence-electron chi connectivity index (χ3n) is 1.35. The van der Waals surface area contributed by atoms with Gasteiger partial charge in [-0.3, -0.25) is 4.55 Å². The monoisotopic (exact) mass is 212 g/mol. The summed E-state index contributed by atoms with van der Waals surface area (Å²) in [5.74, 6) is 0.539. The fourth-order valence-corrected chi connectivity index (χ4v) is 1.19. The quantitative estimate of drug-likeness (QED) is 0.684. The second kappa shape index (κ2) is 3.42. The third kappa shape index (κ3) is 2.20. The van der Waals surface area contributed by atoms with Gasteiger partial charge < -0.3 is 4.57 Å². The first-order valence-corrected chi connectivity index (χ1v) is 4.33. The molecule has 0 bridgehead atoms. The summed E-state index contributed by atoms with van der Waals surface area (Å²) in [6.45, 7) is 1.65. The lowest BCUT2D eigenvalue weighted by Crippen LogP contribution is -1.97. The Balaban J connectivity index is 0.00000121. The fraction of sp³-hybridized carbons (Fsp3) is 0.400. The van der Waals surface area contributed by atoms with Gasteiger partial charge in [-0.05, 0) is 6.92 Å². The summed E-state index contributed by atoms with van der Waals surface area (Å²) >= 11 is 0. The van der Waals surface area contributed by atoms with Gasteiger partial charge in [0, 0.05) is 13.2 Å². The smallest absolute Gasteiger partial charge is 0.313 e. The summed E-state index contributed by atoms with van der Waals surface area (Å²) in [7, 11) is -2.49. The van der Waals surface area contributed by atoms with Gasteiger partial charge in [0.1, 0.15) is 5.82 Å². The minimum absolute atomic E-state index is 0. The Morgan fingerprint density at radius 3 is 2.25 bits per heavy atom. The number of imidazole rings is 1. The molecule has 0 saturated heterocycles. The van der Waals surface area contributed by atoms with Gasteiger partial charge in [0.15, 0.2) is 0 Å². The Kier molecular flexibility index (Phi) is 3.25. The lowest BCUT2D eigenvalue weighted by Gasteiger charge is -1.87. The third-order valence-corrected chi connectivity index (χ3v) is 2.08. The molecule has 0 unspecified atom stereocenters. The number of hydrogen-bond donors (Lipinski definition) is 1. The number of nitrogens with zero attached hydrogens (tertiary/aromatic N) is 2. The lowest BCUT2D eigenvalue weighted by molar-refractivity contribution is 0.479. The molecule has 12 heavy (non-hydrogen) atoms. The Labute approximate surface area is 76.6 Å². The summed E-state index contributed by atoms with van der Waals surface area (Å²) in [6, 6.07) is 0. The van der Waals surface area contributed by atoms with E-state index in [0.29, 0.717) is 5.82 Å². The summed E-state index contributed by atoms with van der Waals surface area (Å²) in [5.41, 5.74) is 0. The first kappa shape index (κ1) is 11.4. The number of hydrogen-bond acceptors (Lipinski definition) is 3. The van der Waals surface area contributed by atoms with Gasteiger partial charge in [-0.2, -0.15) is 8.42 Å². The van der Waals surface area contributed by atoms with Crippen LogP contribution in [-0.2, 0) is 17.2 Å². The molecule has 0 atom stereocenters. The average Bonchev–Trinajstić information content (AvgIpc) is 2.11. The molecule has 0 radical (unpaired) electrons. The number of rotatable bonds is 1. The van der Waals surface area contributed by atoms with E-state index in [1.54, 1.807) is 14.0 Å². The SMILES string of the molecule is Cc1nc(S(=O)(=O)O)cn1C.Cl. The highest BCUT2D eigenvalue weighted by Crippen LogP contribution is 2.05. The van der Waals surface area contributed by atoms with Crippen molar-refractivity contribution in [3.05, 3.63) is 12.0 Å². The van der Waals surface area contributed by atoms with E-state index in [0.717, 1.165) is 0 Å². The highest BCUT2D eigenvalue weighted by Gasteiger charge is 2.13. The molecule has 70 valence electrons. The maximum absolute atomic E-state index is 10.5. The molecule has 0 aromatic carbocycles. The number of aryl methyl sites for hydroxylation is 2. The van der Waals surface area contributed by atoms with Crippen molar-refractivity contribution in [2.45, 2.75) is 11.9 Å². The van der Waals surface area contributed by atoms with E-state index in [1.807, 2.05) is 0 Å². The standard InChI is InChI=1S/C5H8N2O3S.ClH/c1-4-6-5(3-7(4)2)11(8,9)10;/h3H,1-2H3,(H,8,9,10);1H. The van der Waals surface area contributed by atoms with Gasteiger partial charge in [0.05, 0.1) is 0 Å². The molecule has 5 nitrogen and oxygen atoms in total. The topological polar surface area (TPSA) is 72.2 Å². The van der Waals surface area contributed by atoms with Crippen molar-refractivity contribution in [2.75, 3.05) is 0 Å².